The van der Waals surface area contributed by atoms with Gasteiger partial charge in [0, 0.05) is 18.5 Å². The van der Waals surface area contributed by atoms with Crippen molar-refractivity contribution < 1.29 is 17.9 Å². The molecule has 0 aromatic heterocycles. The highest BCUT2D eigenvalue weighted by molar-refractivity contribution is 7.92. The minimum Gasteiger partial charge on any atom is -0.490 e. The maximum Gasteiger partial charge on any atom is 0.264 e. The lowest BCUT2D eigenvalue weighted by atomic mass is 9.99. The van der Waals surface area contributed by atoms with Crippen LogP contribution in [0.3, 0.4) is 0 Å². The molecule has 25 heavy (non-hydrogen) atoms. The molecule has 0 bridgehead atoms. The molecule has 0 spiro atoms. The zero-order valence-electron chi connectivity index (χ0n) is 14.1. The third-order valence-corrected chi connectivity index (χ3v) is 6.66. The van der Waals surface area contributed by atoms with E-state index in [9.17, 15) is 8.42 Å². The lowest BCUT2D eigenvalue weighted by Crippen LogP contribution is -2.42. The van der Waals surface area contributed by atoms with Crippen molar-refractivity contribution in [3.8, 4) is 11.5 Å². The second-order valence-corrected chi connectivity index (χ2v) is 8.29. The van der Waals surface area contributed by atoms with E-state index in [0.29, 0.717) is 24.7 Å². The molecule has 0 unspecified atom stereocenters. The average molecular weight is 359 g/mol. The van der Waals surface area contributed by atoms with Gasteiger partial charge >= 0.3 is 0 Å². The number of anilines is 1. The monoisotopic (exact) mass is 359 g/mol. The van der Waals surface area contributed by atoms with Crippen LogP contribution < -0.4 is 13.8 Å². The summed E-state index contributed by atoms with van der Waals surface area (Å²) in [5.74, 6) is 1.10. The number of ether oxygens (including phenoxy) is 2. The van der Waals surface area contributed by atoms with Gasteiger partial charge in [0.05, 0.1) is 23.8 Å². The molecule has 0 aliphatic carbocycles. The smallest absolute Gasteiger partial charge is 0.264 e. The van der Waals surface area contributed by atoms with Gasteiger partial charge in [-0.05, 0) is 43.5 Å². The fourth-order valence-electron chi connectivity index (χ4n) is 3.44. The largest absolute Gasteiger partial charge is 0.490 e. The Kier molecular flexibility index (Phi) is 4.07. The molecule has 5 nitrogen and oxygen atoms in total. The predicted molar refractivity (Wildman–Crippen MR) is 95.9 cm³/mol. The zero-order chi connectivity index (χ0) is 17.4. The number of rotatable bonds is 2. The minimum absolute atomic E-state index is 0.0871. The summed E-state index contributed by atoms with van der Waals surface area (Å²) in [4.78, 5) is 0.236. The number of fused-ring (bicyclic) bond motifs is 2. The summed E-state index contributed by atoms with van der Waals surface area (Å²) in [6.07, 6.45) is 2.48. The standard InChI is InChI=1S/C19H21NO4S/c1-14-7-8-15-5-2-3-6-17(15)20(14)25(21,22)16-9-10-18-19(13-16)24-12-4-11-23-18/h2-3,5-6,9-10,13-14H,4,7-8,11-12H2,1H3/t14-/m0/s1. The molecule has 4 rings (SSSR count). The van der Waals surface area contributed by atoms with Crippen molar-refractivity contribution in [2.75, 3.05) is 17.5 Å². The summed E-state index contributed by atoms with van der Waals surface area (Å²) in [5, 5.41) is 0. The van der Waals surface area contributed by atoms with Crippen LogP contribution in [0.25, 0.3) is 0 Å². The van der Waals surface area contributed by atoms with Gasteiger partial charge in [0.15, 0.2) is 11.5 Å². The van der Waals surface area contributed by atoms with Gasteiger partial charge in [-0.15, -0.1) is 0 Å². The number of aryl methyl sites for hydroxylation is 1. The van der Waals surface area contributed by atoms with Crippen molar-refractivity contribution in [1.82, 2.24) is 0 Å². The van der Waals surface area contributed by atoms with Crippen LogP contribution in [-0.2, 0) is 16.4 Å². The van der Waals surface area contributed by atoms with Crippen molar-refractivity contribution in [2.45, 2.75) is 37.1 Å². The number of sulfonamides is 1. The van der Waals surface area contributed by atoms with E-state index in [1.165, 1.54) is 0 Å². The first-order valence-corrected chi connectivity index (χ1v) is 10.0. The molecule has 2 aliphatic heterocycles. The first kappa shape index (κ1) is 16.3. The van der Waals surface area contributed by atoms with Crippen molar-refractivity contribution in [2.24, 2.45) is 0 Å². The number of para-hydroxylation sites is 1. The normalized spacial score (nSPS) is 19.9. The fourth-order valence-corrected chi connectivity index (χ4v) is 5.18. The fraction of sp³-hybridized carbons (Fsp3) is 0.368. The van der Waals surface area contributed by atoms with Crippen LogP contribution in [-0.4, -0.2) is 27.7 Å². The van der Waals surface area contributed by atoms with Gasteiger partial charge in [-0.2, -0.15) is 0 Å². The molecule has 132 valence electrons. The highest BCUT2D eigenvalue weighted by Crippen LogP contribution is 2.38. The molecule has 1 atom stereocenters. The Morgan fingerprint density at radius 2 is 1.80 bits per heavy atom. The Bertz CT molecular complexity index is 894. The number of nitrogens with zero attached hydrogens (tertiary/aromatic N) is 1. The molecular formula is C19H21NO4S. The molecular weight excluding hydrogens is 338 g/mol. The van der Waals surface area contributed by atoms with Crippen LogP contribution in [0.1, 0.15) is 25.3 Å². The van der Waals surface area contributed by atoms with Gasteiger partial charge in [0.1, 0.15) is 0 Å². The van der Waals surface area contributed by atoms with Gasteiger partial charge in [0.2, 0.25) is 0 Å². The second kappa shape index (κ2) is 6.26. The third kappa shape index (κ3) is 2.84. The van der Waals surface area contributed by atoms with Crippen molar-refractivity contribution in [3.63, 3.8) is 0 Å². The lowest BCUT2D eigenvalue weighted by molar-refractivity contribution is 0.297. The first-order valence-electron chi connectivity index (χ1n) is 8.59. The Labute approximate surface area is 148 Å². The van der Waals surface area contributed by atoms with Crippen LogP contribution in [0, 0.1) is 0 Å². The van der Waals surface area contributed by atoms with Gasteiger partial charge in [-0.25, -0.2) is 8.42 Å². The lowest BCUT2D eigenvalue weighted by Gasteiger charge is -2.36. The molecule has 0 saturated heterocycles. The van der Waals surface area contributed by atoms with E-state index in [0.717, 1.165) is 30.5 Å². The Balaban J connectivity index is 1.79. The highest BCUT2D eigenvalue weighted by Gasteiger charge is 2.34. The van der Waals surface area contributed by atoms with Crippen LogP contribution in [0.15, 0.2) is 47.4 Å². The summed E-state index contributed by atoms with van der Waals surface area (Å²) >= 11 is 0. The maximum absolute atomic E-state index is 13.4. The molecule has 2 heterocycles. The maximum atomic E-state index is 13.4. The highest BCUT2D eigenvalue weighted by atomic mass is 32.2. The van der Waals surface area contributed by atoms with Gasteiger partial charge in [0.25, 0.3) is 10.0 Å². The van der Waals surface area contributed by atoms with Crippen molar-refractivity contribution in [1.29, 1.82) is 0 Å². The summed E-state index contributed by atoms with van der Waals surface area (Å²) < 4.78 is 39.5. The Morgan fingerprint density at radius 3 is 2.64 bits per heavy atom. The first-order chi connectivity index (χ1) is 12.1. The molecule has 0 saturated carbocycles. The topological polar surface area (TPSA) is 55.8 Å². The second-order valence-electron chi connectivity index (χ2n) is 6.48. The molecule has 0 radical (unpaired) electrons. The van der Waals surface area contributed by atoms with Crippen LogP contribution in [0.4, 0.5) is 5.69 Å². The minimum atomic E-state index is -3.67. The molecule has 0 amide bonds. The molecule has 2 aliphatic rings. The van der Waals surface area contributed by atoms with Gasteiger partial charge < -0.3 is 9.47 Å². The Hall–Kier alpha value is -2.21. The third-order valence-electron chi connectivity index (χ3n) is 4.74. The van der Waals surface area contributed by atoms with E-state index in [1.54, 1.807) is 22.5 Å². The van der Waals surface area contributed by atoms with Crippen molar-refractivity contribution in [3.05, 3.63) is 48.0 Å². The summed E-state index contributed by atoms with van der Waals surface area (Å²) in [6, 6.07) is 12.5. The van der Waals surface area contributed by atoms with Crippen LogP contribution in [0.2, 0.25) is 0 Å². The van der Waals surface area contributed by atoms with E-state index in [4.69, 9.17) is 9.47 Å². The predicted octanol–water partition coefficient (Wildman–Crippen LogP) is 3.38. The molecule has 2 aromatic rings. The van der Waals surface area contributed by atoms with E-state index in [2.05, 4.69) is 0 Å². The van der Waals surface area contributed by atoms with E-state index in [1.807, 2.05) is 31.2 Å². The van der Waals surface area contributed by atoms with E-state index < -0.39 is 10.0 Å². The summed E-state index contributed by atoms with van der Waals surface area (Å²) in [5.41, 5.74) is 1.84. The molecule has 0 N–H and O–H groups in total. The summed E-state index contributed by atoms with van der Waals surface area (Å²) in [7, 11) is -3.67. The number of benzene rings is 2. The quantitative estimate of drug-likeness (QED) is 0.825. The van der Waals surface area contributed by atoms with E-state index in [-0.39, 0.29) is 10.9 Å². The number of hydrogen-bond acceptors (Lipinski definition) is 4. The average Bonchev–Trinajstić information content (AvgIpc) is 2.86. The number of hydrogen-bond donors (Lipinski definition) is 0. The van der Waals surface area contributed by atoms with Gasteiger partial charge in [-0.3, -0.25) is 4.31 Å². The molecule has 6 heteroatoms. The van der Waals surface area contributed by atoms with Crippen LogP contribution in [0.5, 0.6) is 11.5 Å². The summed E-state index contributed by atoms with van der Waals surface area (Å²) in [6.45, 7) is 3.06. The zero-order valence-corrected chi connectivity index (χ0v) is 15.0. The van der Waals surface area contributed by atoms with Gasteiger partial charge in [-0.1, -0.05) is 18.2 Å². The molecule has 2 aromatic carbocycles. The molecule has 0 fully saturated rings. The van der Waals surface area contributed by atoms with Crippen LogP contribution >= 0.6 is 0 Å². The van der Waals surface area contributed by atoms with Crippen molar-refractivity contribution >= 4 is 15.7 Å². The van der Waals surface area contributed by atoms with E-state index >= 15 is 0 Å². The SMILES string of the molecule is C[C@H]1CCc2ccccc2N1S(=O)(=O)c1ccc2c(c1)OCCCO2. The Morgan fingerprint density at radius 1 is 1.04 bits per heavy atom.